The maximum Gasteiger partial charge on any atom is 0.138 e. The van der Waals surface area contributed by atoms with Gasteiger partial charge in [0, 0.05) is 6.20 Å². The number of rotatable bonds is 4. The lowest BCUT2D eigenvalue weighted by Gasteiger charge is -2.10. The van der Waals surface area contributed by atoms with Crippen molar-refractivity contribution in [2.75, 3.05) is 0 Å². The van der Waals surface area contributed by atoms with Crippen molar-refractivity contribution in [2.45, 2.75) is 26.6 Å². The van der Waals surface area contributed by atoms with Crippen molar-refractivity contribution < 1.29 is 9.84 Å². The Kier molecular flexibility index (Phi) is 4.22. The predicted octanol–water partition coefficient (Wildman–Crippen LogP) is 3.74. The zero-order valence-electron chi connectivity index (χ0n) is 10.2. The predicted molar refractivity (Wildman–Crippen MR) is 73.3 cm³/mol. The van der Waals surface area contributed by atoms with Crippen LogP contribution in [0.15, 0.2) is 24.4 Å². The molecule has 2 aromatic rings. The highest BCUT2D eigenvalue weighted by atomic mass is 35.5. The Morgan fingerprint density at radius 2 is 2.28 bits per heavy atom. The zero-order chi connectivity index (χ0) is 13.1. The van der Waals surface area contributed by atoms with Gasteiger partial charge in [0.1, 0.15) is 12.4 Å². The minimum atomic E-state index is -0.527. The number of ether oxygens (including phenoxy) is 1. The molecule has 1 aromatic heterocycles. The van der Waals surface area contributed by atoms with Crippen molar-refractivity contribution in [3.63, 3.8) is 0 Å². The molecule has 0 spiro atoms. The summed E-state index contributed by atoms with van der Waals surface area (Å²) in [6.45, 7) is 4.12. The van der Waals surface area contributed by atoms with Gasteiger partial charge in [-0.1, -0.05) is 17.7 Å². The van der Waals surface area contributed by atoms with E-state index < -0.39 is 6.10 Å². The number of benzene rings is 1. The van der Waals surface area contributed by atoms with Crippen molar-refractivity contribution in [1.29, 1.82) is 0 Å². The molecular formula is C13H14ClNO2S. The zero-order valence-corrected chi connectivity index (χ0v) is 11.8. The molecule has 0 fully saturated rings. The number of hydrogen-bond acceptors (Lipinski definition) is 4. The van der Waals surface area contributed by atoms with Gasteiger partial charge in [0.25, 0.3) is 0 Å². The van der Waals surface area contributed by atoms with Crippen LogP contribution in [0.1, 0.15) is 28.5 Å². The molecule has 0 saturated carbocycles. The lowest BCUT2D eigenvalue weighted by Crippen LogP contribution is -1.96. The topological polar surface area (TPSA) is 42.4 Å². The molecule has 0 aliphatic heterocycles. The summed E-state index contributed by atoms with van der Waals surface area (Å²) in [6.07, 6.45) is 1.28. The van der Waals surface area contributed by atoms with Crippen LogP contribution in [0.4, 0.5) is 0 Å². The number of aryl methyl sites for hydroxylation is 1. The average Bonchev–Trinajstić information content (AvgIpc) is 2.73. The second-order valence-electron chi connectivity index (χ2n) is 4.00. The number of thiazole rings is 1. The molecule has 1 atom stereocenters. The fourth-order valence-electron chi connectivity index (χ4n) is 1.51. The molecule has 2 rings (SSSR count). The molecule has 0 radical (unpaired) electrons. The van der Waals surface area contributed by atoms with E-state index in [-0.39, 0.29) is 0 Å². The van der Waals surface area contributed by atoms with E-state index in [4.69, 9.17) is 16.3 Å². The molecule has 0 aliphatic carbocycles. The molecule has 3 nitrogen and oxygen atoms in total. The highest BCUT2D eigenvalue weighted by Gasteiger charge is 2.07. The molecule has 5 heteroatoms. The van der Waals surface area contributed by atoms with E-state index >= 15 is 0 Å². The van der Waals surface area contributed by atoms with Gasteiger partial charge in [-0.15, -0.1) is 11.3 Å². The van der Waals surface area contributed by atoms with Gasteiger partial charge in [-0.2, -0.15) is 0 Å². The van der Waals surface area contributed by atoms with E-state index in [9.17, 15) is 5.11 Å². The van der Waals surface area contributed by atoms with Crippen molar-refractivity contribution in [1.82, 2.24) is 4.98 Å². The monoisotopic (exact) mass is 283 g/mol. The molecule has 1 heterocycles. The van der Waals surface area contributed by atoms with E-state index in [0.29, 0.717) is 17.4 Å². The van der Waals surface area contributed by atoms with Crippen molar-refractivity contribution >= 4 is 22.9 Å². The molecule has 0 amide bonds. The molecule has 0 aliphatic rings. The summed E-state index contributed by atoms with van der Waals surface area (Å²) in [7, 11) is 0. The van der Waals surface area contributed by atoms with Crippen LogP contribution >= 0.6 is 22.9 Å². The Morgan fingerprint density at radius 1 is 1.50 bits per heavy atom. The summed E-state index contributed by atoms with van der Waals surface area (Å²) in [4.78, 5) is 5.22. The Hall–Kier alpha value is -1.10. The van der Waals surface area contributed by atoms with Gasteiger partial charge in [-0.25, -0.2) is 4.98 Å². The fourth-order valence-corrected chi connectivity index (χ4v) is 2.47. The normalized spacial score (nSPS) is 12.4. The second kappa shape index (κ2) is 5.69. The third kappa shape index (κ3) is 3.22. The van der Waals surface area contributed by atoms with Crippen molar-refractivity contribution in [2.24, 2.45) is 0 Å². The minimum absolute atomic E-state index is 0.458. The van der Waals surface area contributed by atoms with Gasteiger partial charge in [0.2, 0.25) is 0 Å². The maximum absolute atomic E-state index is 9.44. The van der Waals surface area contributed by atoms with Crippen molar-refractivity contribution in [3.05, 3.63) is 44.9 Å². The highest BCUT2D eigenvalue weighted by molar-refractivity contribution is 7.11. The number of aromatic nitrogens is 1. The minimum Gasteiger partial charge on any atom is -0.486 e. The number of nitrogens with zero attached hydrogens (tertiary/aromatic N) is 1. The smallest absolute Gasteiger partial charge is 0.138 e. The molecule has 1 N–H and O–H groups in total. The Balaban J connectivity index is 2.05. The van der Waals surface area contributed by atoms with Gasteiger partial charge in [0.05, 0.1) is 21.0 Å². The van der Waals surface area contributed by atoms with Gasteiger partial charge in [-0.05, 0) is 31.5 Å². The largest absolute Gasteiger partial charge is 0.486 e. The third-order valence-corrected chi connectivity index (χ3v) is 3.66. The first kappa shape index (κ1) is 13.3. The van der Waals surface area contributed by atoms with Crippen LogP contribution < -0.4 is 4.74 Å². The molecule has 18 heavy (non-hydrogen) atoms. The quantitative estimate of drug-likeness (QED) is 0.929. The SMILES string of the molecule is Cc1ncc(COc2ccc(C(C)O)cc2Cl)s1. The Labute approximate surface area is 115 Å². The molecular weight excluding hydrogens is 270 g/mol. The van der Waals surface area contributed by atoms with Gasteiger partial charge >= 0.3 is 0 Å². The molecule has 1 aromatic carbocycles. The van der Waals surface area contributed by atoms with E-state index in [2.05, 4.69) is 4.98 Å². The van der Waals surface area contributed by atoms with Crippen LogP contribution in [-0.2, 0) is 6.61 Å². The van der Waals surface area contributed by atoms with E-state index in [1.54, 1.807) is 36.6 Å². The van der Waals surface area contributed by atoms with Crippen LogP contribution in [0.2, 0.25) is 5.02 Å². The van der Waals surface area contributed by atoms with Crippen LogP contribution in [0, 0.1) is 6.92 Å². The summed E-state index contributed by atoms with van der Waals surface area (Å²) in [6, 6.07) is 5.31. The molecule has 0 bridgehead atoms. The van der Waals surface area contributed by atoms with Crippen LogP contribution in [0.3, 0.4) is 0 Å². The number of hydrogen-bond donors (Lipinski definition) is 1. The standard InChI is InChI=1S/C13H14ClNO2S/c1-8(16)10-3-4-13(12(14)5-10)17-7-11-6-15-9(2)18-11/h3-6,8,16H,7H2,1-2H3. The summed E-state index contributed by atoms with van der Waals surface area (Å²) in [5.74, 6) is 0.618. The van der Waals surface area contributed by atoms with E-state index in [1.807, 2.05) is 13.0 Å². The molecule has 96 valence electrons. The lowest BCUT2D eigenvalue weighted by molar-refractivity contribution is 0.199. The average molecular weight is 284 g/mol. The summed E-state index contributed by atoms with van der Waals surface area (Å²) < 4.78 is 5.63. The highest BCUT2D eigenvalue weighted by Crippen LogP contribution is 2.28. The van der Waals surface area contributed by atoms with Crippen LogP contribution in [0.5, 0.6) is 5.75 Å². The van der Waals surface area contributed by atoms with Gasteiger partial charge < -0.3 is 9.84 Å². The number of aliphatic hydroxyl groups excluding tert-OH is 1. The summed E-state index contributed by atoms with van der Waals surface area (Å²) in [5, 5.41) is 11.0. The second-order valence-corrected chi connectivity index (χ2v) is 5.73. The molecule has 1 unspecified atom stereocenters. The first-order valence-electron chi connectivity index (χ1n) is 5.58. The fraction of sp³-hybridized carbons (Fsp3) is 0.308. The van der Waals surface area contributed by atoms with E-state index in [0.717, 1.165) is 15.4 Å². The van der Waals surface area contributed by atoms with Crippen LogP contribution in [-0.4, -0.2) is 10.1 Å². The van der Waals surface area contributed by atoms with Gasteiger partial charge in [-0.3, -0.25) is 0 Å². The summed E-state index contributed by atoms with van der Waals surface area (Å²) in [5.41, 5.74) is 0.779. The first-order chi connectivity index (χ1) is 8.56. The Bertz CT molecular complexity index is 540. The molecule has 0 saturated heterocycles. The number of halogens is 1. The number of aliphatic hydroxyl groups is 1. The third-order valence-electron chi connectivity index (χ3n) is 2.48. The first-order valence-corrected chi connectivity index (χ1v) is 6.77. The summed E-state index contributed by atoms with van der Waals surface area (Å²) >= 11 is 7.70. The van der Waals surface area contributed by atoms with Crippen molar-refractivity contribution in [3.8, 4) is 5.75 Å². The van der Waals surface area contributed by atoms with Gasteiger partial charge in [0.15, 0.2) is 0 Å². The maximum atomic E-state index is 9.44. The van der Waals surface area contributed by atoms with Crippen LogP contribution in [0.25, 0.3) is 0 Å². The Morgan fingerprint density at radius 3 is 2.83 bits per heavy atom. The lowest BCUT2D eigenvalue weighted by atomic mass is 10.1. The van der Waals surface area contributed by atoms with E-state index in [1.165, 1.54) is 0 Å².